The van der Waals surface area contributed by atoms with Gasteiger partial charge in [0.2, 0.25) is 0 Å². The number of esters is 1. The second kappa shape index (κ2) is 2.61. The number of rotatable bonds is 0. The van der Waals surface area contributed by atoms with Gasteiger partial charge in [0.25, 0.3) is 0 Å². The second-order valence-electron chi connectivity index (χ2n) is 3.81. The summed E-state index contributed by atoms with van der Waals surface area (Å²) in [5, 5.41) is 0. The average molecular weight is 166 g/mol. The third kappa shape index (κ3) is 1.06. The third-order valence-corrected chi connectivity index (χ3v) is 2.97. The van der Waals surface area contributed by atoms with Crippen molar-refractivity contribution in [3.8, 4) is 0 Å². The van der Waals surface area contributed by atoms with E-state index >= 15 is 0 Å². The Kier molecular flexibility index (Phi) is 1.71. The smallest absolute Gasteiger partial charge is 0.310 e. The highest BCUT2D eigenvalue weighted by molar-refractivity contribution is 5.77. The van der Waals surface area contributed by atoms with Gasteiger partial charge in [0.05, 0.1) is 6.42 Å². The van der Waals surface area contributed by atoms with Crippen LogP contribution in [0.4, 0.5) is 0 Å². The van der Waals surface area contributed by atoms with Gasteiger partial charge in [-0.3, -0.25) is 4.79 Å². The Morgan fingerprint density at radius 3 is 2.42 bits per heavy atom. The summed E-state index contributed by atoms with van der Waals surface area (Å²) in [5.74, 6) is -0.0816. The predicted molar refractivity (Wildman–Crippen MR) is 45.7 cm³/mol. The maximum absolute atomic E-state index is 11.0. The van der Waals surface area contributed by atoms with Crippen LogP contribution in [0.5, 0.6) is 0 Å². The van der Waals surface area contributed by atoms with Crippen molar-refractivity contribution in [2.45, 2.75) is 44.1 Å². The summed E-state index contributed by atoms with van der Waals surface area (Å²) in [5.41, 5.74) is 0.766. The van der Waals surface area contributed by atoms with Crippen LogP contribution in [-0.2, 0) is 9.53 Å². The summed E-state index contributed by atoms with van der Waals surface area (Å²) < 4.78 is 5.36. The van der Waals surface area contributed by atoms with Crippen LogP contribution in [0.25, 0.3) is 0 Å². The molecular weight excluding hydrogens is 152 g/mol. The van der Waals surface area contributed by atoms with Crippen LogP contribution in [0.15, 0.2) is 12.2 Å². The Morgan fingerprint density at radius 1 is 1.25 bits per heavy atom. The molecule has 0 aromatic rings. The first-order valence-electron chi connectivity index (χ1n) is 4.63. The van der Waals surface area contributed by atoms with Gasteiger partial charge in [-0.2, -0.15) is 0 Å². The van der Waals surface area contributed by atoms with Gasteiger partial charge in [-0.1, -0.05) is 13.0 Å². The predicted octanol–water partition coefficient (Wildman–Crippen LogP) is 2.19. The summed E-state index contributed by atoms with van der Waals surface area (Å²) in [7, 11) is 0. The number of ether oxygens (including phenoxy) is 1. The molecular formula is C10H14O2. The van der Waals surface area contributed by atoms with Gasteiger partial charge in [-0.05, 0) is 31.3 Å². The van der Waals surface area contributed by atoms with E-state index in [1.807, 2.05) is 0 Å². The maximum atomic E-state index is 11.0. The van der Waals surface area contributed by atoms with Crippen molar-refractivity contribution >= 4 is 5.97 Å². The summed E-state index contributed by atoms with van der Waals surface area (Å²) >= 11 is 0. The molecule has 0 unspecified atom stereocenters. The van der Waals surface area contributed by atoms with Gasteiger partial charge < -0.3 is 4.74 Å². The highest BCUT2D eigenvalue weighted by Gasteiger charge is 2.44. The lowest BCUT2D eigenvalue weighted by Gasteiger charge is -2.32. The summed E-state index contributed by atoms with van der Waals surface area (Å²) in [6, 6.07) is 0. The van der Waals surface area contributed by atoms with Crippen molar-refractivity contribution in [3.63, 3.8) is 0 Å². The van der Waals surface area contributed by atoms with Crippen LogP contribution in [0.2, 0.25) is 0 Å². The Bertz CT molecular complexity index is 224. The third-order valence-electron chi connectivity index (χ3n) is 2.97. The largest absolute Gasteiger partial charge is 0.454 e. The van der Waals surface area contributed by atoms with Crippen molar-refractivity contribution in [2.75, 3.05) is 0 Å². The van der Waals surface area contributed by atoms with Crippen LogP contribution in [0.3, 0.4) is 0 Å². The van der Waals surface area contributed by atoms with E-state index in [0.29, 0.717) is 6.42 Å². The van der Waals surface area contributed by atoms with E-state index in [4.69, 9.17) is 4.74 Å². The number of hydrogen-bond donors (Lipinski definition) is 0. The molecule has 2 fully saturated rings. The number of hydrogen-bond acceptors (Lipinski definition) is 2. The molecule has 0 atom stereocenters. The Hall–Kier alpha value is -0.790. The summed E-state index contributed by atoms with van der Waals surface area (Å²) in [6.45, 7) is 3.94. The zero-order valence-electron chi connectivity index (χ0n) is 7.27. The molecule has 0 aromatic carbocycles. The zero-order chi connectivity index (χ0) is 8.60. The maximum Gasteiger partial charge on any atom is 0.310 e. The summed E-state index contributed by atoms with van der Waals surface area (Å²) in [6.07, 6.45) is 6.06. The van der Waals surface area contributed by atoms with Gasteiger partial charge in [0.15, 0.2) is 0 Å². The fourth-order valence-corrected chi connectivity index (χ4v) is 2.24. The van der Waals surface area contributed by atoms with Gasteiger partial charge in [0.1, 0.15) is 5.60 Å². The van der Waals surface area contributed by atoms with Gasteiger partial charge >= 0.3 is 5.97 Å². The van der Waals surface area contributed by atoms with E-state index < -0.39 is 0 Å². The minimum Gasteiger partial charge on any atom is -0.454 e. The topological polar surface area (TPSA) is 26.3 Å². The fourth-order valence-electron chi connectivity index (χ4n) is 2.24. The Labute approximate surface area is 72.6 Å². The average Bonchev–Trinajstić information content (AvgIpc) is 2.29. The van der Waals surface area contributed by atoms with Crippen molar-refractivity contribution in [3.05, 3.63) is 12.2 Å². The lowest BCUT2D eigenvalue weighted by atomic mass is 9.80. The summed E-state index contributed by atoms with van der Waals surface area (Å²) in [4.78, 5) is 11.0. The molecule has 66 valence electrons. The molecule has 2 nitrogen and oxygen atoms in total. The normalized spacial score (nSPS) is 27.7. The lowest BCUT2D eigenvalue weighted by molar-refractivity contribution is -0.149. The fraction of sp³-hybridized carbons (Fsp3) is 0.700. The van der Waals surface area contributed by atoms with E-state index in [1.54, 1.807) is 0 Å². The van der Waals surface area contributed by atoms with Crippen LogP contribution in [0.1, 0.15) is 38.5 Å². The molecule has 2 aliphatic rings. The molecule has 1 heterocycles. The monoisotopic (exact) mass is 166 g/mol. The molecule has 0 aromatic heterocycles. The van der Waals surface area contributed by atoms with Gasteiger partial charge in [-0.25, -0.2) is 0 Å². The molecule has 0 amide bonds. The SMILES string of the molecule is C=C1CC(=O)OC12CCCCC2. The van der Waals surface area contributed by atoms with Crippen LogP contribution in [-0.4, -0.2) is 11.6 Å². The van der Waals surface area contributed by atoms with Gasteiger partial charge in [-0.15, -0.1) is 0 Å². The molecule has 1 spiro atoms. The van der Waals surface area contributed by atoms with E-state index in [9.17, 15) is 4.79 Å². The van der Waals surface area contributed by atoms with Crippen molar-refractivity contribution in [2.24, 2.45) is 0 Å². The van der Waals surface area contributed by atoms with E-state index in [0.717, 1.165) is 18.4 Å². The number of carbonyl (C=O) groups is 1. The lowest BCUT2D eigenvalue weighted by Crippen LogP contribution is -2.32. The first kappa shape index (κ1) is 7.84. The van der Waals surface area contributed by atoms with Crippen molar-refractivity contribution in [1.29, 1.82) is 0 Å². The molecule has 12 heavy (non-hydrogen) atoms. The van der Waals surface area contributed by atoms with E-state index in [2.05, 4.69) is 6.58 Å². The van der Waals surface area contributed by atoms with Crippen LogP contribution >= 0.6 is 0 Å². The molecule has 0 bridgehead atoms. The second-order valence-corrected chi connectivity index (χ2v) is 3.81. The molecule has 0 radical (unpaired) electrons. The molecule has 2 rings (SSSR count). The first-order valence-corrected chi connectivity index (χ1v) is 4.63. The Balaban J connectivity index is 2.18. The van der Waals surface area contributed by atoms with Crippen molar-refractivity contribution in [1.82, 2.24) is 0 Å². The standard InChI is InChI=1S/C10H14O2/c1-8-7-9(11)12-10(8)5-3-2-4-6-10/h1-7H2. The Morgan fingerprint density at radius 2 is 1.92 bits per heavy atom. The molecule has 0 N–H and O–H groups in total. The minimum absolute atomic E-state index is 0.0816. The molecule has 1 saturated heterocycles. The molecule has 1 aliphatic heterocycles. The number of carbonyl (C=O) groups excluding carboxylic acids is 1. The van der Waals surface area contributed by atoms with Gasteiger partial charge in [0, 0.05) is 0 Å². The van der Waals surface area contributed by atoms with E-state index in [-0.39, 0.29) is 11.6 Å². The van der Waals surface area contributed by atoms with Crippen molar-refractivity contribution < 1.29 is 9.53 Å². The van der Waals surface area contributed by atoms with E-state index in [1.165, 1.54) is 19.3 Å². The van der Waals surface area contributed by atoms with Crippen LogP contribution < -0.4 is 0 Å². The highest BCUT2D eigenvalue weighted by atomic mass is 16.6. The quantitative estimate of drug-likeness (QED) is 0.407. The zero-order valence-corrected chi connectivity index (χ0v) is 7.27. The molecule has 1 saturated carbocycles. The molecule has 1 aliphatic carbocycles. The minimum atomic E-state index is -0.241. The van der Waals surface area contributed by atoms with Crippen LogP contribution in [0, 0.1) is 0 Å². The highest BCUT2D eigenvalue weighted by Crippen LogP contribution is 2.42. The first-order chi connectivity index (χ1) is 5.73. The molecule has 2 heteroatoms.